The number of fused-ring (bicyclic) bond motifs is 2. The lowest BCUT2D eigenvalue weighted by atomic mass is 9.69. The number of ether oxygens (including phenoxy) is 1. The summed E-state index contributed by atoms with van der Waals surface area (Å²) in [5.74, 6) is 0.300. The van der Waals surface area contributed by atoms with Gasteiger partial charge >= 0.3 is 17.1 Å². The quantitative estimate of drug-likeness (QED) is 0.536. The van der Waals surface area contributed by atoms with Gasteiger partial charge in [0.15, 0.2) is 4.58 Å². The van der Waals surface area contributed by atoms with Crippen LogP contribution in [0.3, 0.4) is 0 Å². The van der Waals surface area contributed by atoms with Crippen molar-refractivity contribution in [2.24, 2.45) is 16.7 Å². The molecule has 0 aliphatic heterocycles. The molecule has 0 radical (unpaired) electrons. The van der Waals surface area contributed by atoms with Crippen LogP contribution in [0.15, 0.2) is 0 Å². The van der Waals surface area contributed by atoms with Crippen molar-refractivity contribution in [1.29, 1.82) is 0 Å². The molecule has 1 N–H and O–H groups in total. The van der Waals surface area contributed by atoms with Crippen molar-refractivity contribution in [3.63, 3.8) is 0 Å². The van der Waals surface area contributed by atoms with Crippen molar-refractivity contribution in [1.82, 2.24) is 5.32 Å². The van der Waals surface area contributed by atoms with Gasteiger partial charge in [-0.3, -0.25) is 0 Å². The van der Waals surface area contributed by atoms with E-state index < -0.39 is 53.9 Å². The van der Waals surface area contributed by atoms with E-state index in [4.69, 9.17) is 4.74 Å². The van der Waals surface area contributed by atoms with E-state index in [1.54, 1.807) is 0 Å². The van der Waals surface area contributed by atoms with E-state index >= 15 is 0 Å². The van der Waals surface area contributed by atoms with E-state index in [0.29, 0.717) is 12.3 Å². The molecule has 2 bridgehead atoms. The molecule has 0 aromatic heterocycles. The first kappa shape index (κ1) is 27.0. The summed E-state index contributed by atoms with van der Waals surface area (Å²) in [4.78, 5) is 12.2. The maximum absolute atomic E-state index is 12.8. The third kappa shape index (κ3) is 4.30. The van der Waals surface area contributed by atoms with Gasteiger partial charge in [-0.1, -0.05) is 20.8 Å². The van der Waals surface area contributed by atoms with Crippen LogP contribution in [-0.2, 0) is 24.4 Å². The van der Waals surface area contributed by atoms with E-state index in [9.17, 15) is 48.0 Å². The lowest BCUT2D eigenvalue weighted by molar-refractivity contribution is -0.0476. The van der Waals surface area contributed by atoms with E-state index in [1.807, 2.05) is 20.8 Å². The molecular formula is C17H25F6NO6S2. The summed E-state index contributed by atoms with van der Waals surface area (Å²) >= 11 is 0. The number of halogens is 6. The molecule has 2 fully saturated rings. The Kier molecular flexibility index (Phi) is 6.68. The van der Waals surface area contributed by atoms with Gasteiger partial charge in [0.25, 0.3) is 19.7 Å². The zero-order chi connectivity index (χ0) is 25.1. The SMILES string of the molecule is CC(CC(S(=O)(=O)C(F)(F)F)S(=O)(=O)C(F)(F)F)OC(=O)NC1CC2CCC1(C)C2(C)C. The highest BCUT2D eigenvalue weighted by atomic mass is 32.3. The predicted molar refractivity (Wildman–Crippen MR) is 100 cm³/mol. The molecule has 2 aliphatic carbocycles. The third-order valence-corrected chi connectivity index (χ3v) is 11.8. The van der Waals surface area contributed by atoms with Crippen molar-refractivity contribution in [2.75, 3.05) is 0 Å². The van der Waals surface area contributed by atoms with Crippen LogP contribution in [0.5, 0.6) is 0 Å². The Hall–Kier alpha value is -1.25. The van der Waals surface area contributed by atoms with Crippen LogP contribution in [0, 0.1) is 16.7 Å². The van der Waals surface area contributed by atoms with Crippen LogP contribution in [0.4, 0.5) is 31.1 Å². The molecule has 4 unspecified atom stereocenters. The van der Waals surface area contributed by atoms with Crippen molar-refractivity contribution in [3.8, 4) is 0 Å². The molecule has 32 heavy (non-hydrogen) atoms. The standard InChI is InChI=1S/C17H25F6NO6S2/c1-9(7-12(31(26,27)16(18,19)20)32(28,29)17(21,22)23)30-13(25)24-11-8-10-5-6-15(11,4)14(10,2)3/h9-12H,5-8H2,1-4H3,(H,24,25). The Balaban J connectivity index is 2.17. The van der Waals surface area contributed by atoms with Crippen LogP contribution in [-0.4, -0.2) is 50.7 Å². The number of hydrogen-bond donors (Lipinski definition) is 1. The van der Waals surface area contributed by atoms with Crippen LogP contribution in [0.2, 0.25) is 0 Å². The van der Waals surface area contributed by atoms with Crippen molar-refractivity contribution < 1.29 is 52.7 Å². The Labute approximate surface area is 182 Å². The fourth-order valence-electron chi connectivity index (χ4n) is 4.82. The number of carbonyl (C=O) groups excluding carboxylic acids is 1. The summed E-state index contributed by atoms with van der Waals surface area (Å²) in [6, 6.07) is -0.371. The molecule has 188 valence electrons. The van der Waals surface area contributed by atoms with Gasteiger partial charge in [-0.15, -0.1) is 0 Å². The minimum Gasteiger partial charge on any atom is -0.446 e. The summed E-state index contributed by atoms with van der Waals surface area (Å²) in [5.41, 5.74) is -13.0. The molecule has 2 saturated carbocycles. The Morgan fingerprint density at radius 1 is 1.03 bits per heavy atom. The largest absolute Gasteiger partial charge is 0.498 e. The van der Waals surface area contributed by atoms with Crippen LogP contribution in [0.25, 0.3) is 0 Å². The summed E-state index contributed by atoms with van der Waals surface area (Å²) < 4.78 is 124. The van der Waals surface area contributed by atoms with Gasteiger partial charge in [0, 0.05) is 12.5 Å². The molecule has 4 atom stereocenters. The minimum atomic E-state index is -6.78. The fraction of sp³-hybridized carbons (Fsp3) is 0.941. The number of amides is 1. The first-order chi connectivity index (χ1) is 14.1. The number of carbonyl (C=O) groups is 1. The zero-order valence-electron chi connectivity index (χ0n) is 17.7. The summed E-state index contributed by atoms with van der Waals surface area (Å²) in [7, 11) is -13.6. The summed E-state index contributed by atoms with van der Waals surface area (Å²) in [6.07, 6.45) is -2.47. The molecule has 0 spiro atoms. The van der Waals surface area contributed by atoms with E-state index in [-0.39, 0.29) is 16.9 Å². The van der Waals surface area contributed by atoms with E-state index in [0.717, 1.165) is 19.8 Å². The smallest absolute Gasteiger partial charge is 0.446 e. The Bertz CT molecular complexity index is 915. The number of alkyl halides is 6. The highest BCUT2D eigenvalue weighted by molar-refractivity contribution is 8.09. The summed E-state index contributed by atoms with van der Waals surface area (Å²) in [6.45, 7) is 6.84. The predicted octanol–water partition coefficient (Wildman–Crippen LogP) is 3.90. The number of hydrogen-bond acceptors (Lipinski definition) is 6. The van der Waals surface area contributed by atoms with Gasteiger partial charge in [-0.2, -0.15) is 26.3 Å². The first-order valence-corrected chi connectivity index (χ1v) is 12.8. The lowest BCUT2D eigenvalue weighted by Gasteiger charge is -2.39. The Morgan fingerprint density at radius 3 is 1.84 bits per heavy atom. The highest BCUT2D eigenvalue weighted by Gasteiger charge is 2.64. The molecule has 0 aromatic rings. The van der Waals surface area contributed by atoms with Crippen molar-refractivity contribution in [3.05, 3.63) is 0 Å². The molecule has 2 rings (SSSR count). The molecule has 1 amide bonds. The van der Waals surface area contributed by atoms with Crippen LogP contribution < -0.4 is 5.32 Å². The second kappa shape index (κ2) is 7.91. The molecule has 7 nitrogen and oxygen atoms in total. The third-order valence-electron chi connectivity index (χ3n) is 7.26. The van der Waals surface area contributed by atoms with Crippen molar-refractivity contribution >= 4 is 25.8 Å². The normalized spacial score (nSPS) is 29.2. The van der Waals surface area contributed by atoms with Crippen LogP contribution in [0.1, 0.15) is 53.4 Å². The average molecular weight is 518 g/mol. The van der Waals surface area contributed by atoms with Gasteiger partial charge in [0.1, 0.15) is 6.10 Å². The maximum atomic E-state index is 12.8. The molecule has 15 heteroatoms. The average Bonchev–Trinajstić information content (AvgIpc) is 2.90. The second-order valence-electron chi connectivity index (χ2n) is 9.17. The minimum absolute atomic E-state index is 0.122. The van der Waals surface area contributed by atoms with Gasteiger partial charge in [-0.25, -0.2) is 21.6 Å². The van der Waals surface area contributed by atoms with Crippen molar-refractivity contribution in [2.45, 2.75) is 81.1 Å². The van der Waals surface area contributed by atoms with E-state index in [2.05, 4.69) is 5.32 Å². The highest BCUT2D eigenvalue weighted by Crippen LogP contribution is 2.65. The number of rotatable bonds is 6. The lowest BCUT2D eigenvalue weighted by Crippen LogP contribution is -2.49. The van der Waals surface area contributed by atoms with Gasteiger partial charge in [-0.05, 0) is 42.9 Å². The molecule has 0 aromatic carbocycles. The molecular weight excluding hydrogens is 492 g/mol. The first-order valence-electron chi connectivity index (χ1n) is 9.66. The summed E-state index contributed by atoms with van der Waals surface area (Å²) in [5, 5.41) is 2.54. The monoisotopic (exact) mass is 517 g/mol. The number of sulfone groups is 2. The Morgan fingerprint density at radius 2 is 1.50 bits per heavy atom. The molecule has 0 saturated heterocycles. The molecule has 0 heterocycles. The van der Waals surface area contributed by atoms with E-state index in [1.165, 1.54) is 0 Å². The maximum Gasteiger partial charge on any atom is 0.498 e. The second-order valence-corrected chi connectivity index (χ2v) is 13.7. The van der Waals surface area contributed by atoms with Gasteiger partial charge in [0.05, 0.1) is 0 Å². The van der Waals surface area contributed by atoms with Gasteiger partial charge in [0.2, 0.25) is 0 Å². The van der Waals surface area contributed by atoms with Crippen LogP contribution >= 0.6 is 0 Å². The van der Waals surface area contributed by atoms with Gasteiger partial charge < -0.3 is 10.1 Å². The molecule has 2 aliphatic rings. The fourth-order valence-corrected chi connectivity index (χ4v) is 8.45. The zero-order valence-corrected chi connectivity index (χ0v) is 19.3. The number of alkyl carbamates (subject to hydrolysis) is 1. The topological polar surface area (TPSA) is 107 Å². The number of nitrogens with one attached hydrogen (secondary N) is 1.